The summed E-state index contributed by atoms with van der Waals surface area (Å²) in [5.74, 6) is 0.755. The third kappa shape index (κ3) is 6.65. The van der Waals surface area contributed by atoms with E-state index in [1.807, 2.05) is 0 Å². The minimum absolute atomic E-state index is 0.123. The number of allylic oxidation sites excluding steroid dienone is 2. The molecule has 34 heavy (non-hydrogen) atoms. The summed E-state index contributed by atoms with van der Waals surface area (Å²) in [4.78, 5) is 51.0. The third-order valence-electron chi connectivity index (χ3n) is 6.56. The molecule has 9 nitrogen and oxygen atoms in total. The maximum atomic E-state index is 13.0. The van der Waals surface area contributed by atoms with Crippen LogP contribution in [0.1, 0.15) is 56.3 Å². The van der Waals surface area contributed by atoms with Crippen molar-refractivity contribution in [2.75, 3.05) is 20.1 Å². The van der Waals surface area contributed by atoms with Crippen molar-refractivity contribution in [1.29, 1.82) is 0 Å². The van der Waals surface area contributed by atoms with Crippen LogP contribution in [-0.4, -0.2) is 64.8 Å². The Morgan fingerprint density at radius 2 is 1.88 bits per heavy atom. The van der Waals surface area contributed by atoms with E-state index in [0.717, 1.165) is 31.1 Å². The molecule has 1 saturated heterocycles. The molecular weight excluding hydrogens is 438 g/mol. The highest BCUT2D eigenvalue weighted by Crippen LogP contribution is 2.38. The summed E-state index contributed by atoms with van der Waals surface area (Å²) in [6.07, 6.45) is 8.26. The molecule has 1 aromatic carbocycles. The second-order valence-corrected chi connectivity index (χ2v) is 9.35. The molecule has 2 aliphatic rings. The molecule has 1 saturated carbocycles. The van der Waals surface area contributed by atoms with Gasteiger partial charge >= 0.3 is 12.0 Å². The molecule has 2 amide bonds. The maximum absolute atomic E-state index is 13.0. The van der Waals surface area contributed by atoms with Crippen LogP contribution in [0.2, 0.25) is 0 Å². The van der Waals surface area contributed by atoms with Crippen molar-refractivity contribution in [2.45, 2.75) is 58.1 Å². The van der Waals surface area contributed by atoms with Crippen LogP contribution in [0.3, 0.4) is 0 Å². The number of ketones is 1. The molecule has 0 radical (unpaired) electrons. The topological polar surface area (TPSA) is 110 Å². The number of non-ortho nitro benzene ring substituents is 1. The van der Waals surface area contributed by atoms with Gasteiger partial charge in [-0.3, -0.25) is 14.9 Å². The summed E-state index contributed by atoms with van der Waals surface area (Å²) in [5.41, 5.74) is 0.0551. The number of likely N-dealkylation sites (tertiary alicyclic amines) is 1. The third-order valence-corrected chi connectivity index (χ3v) is 6.56. The number of nitro groups is 1. The highest BCUT2D eigenvalue weighted by Gasteiger charge is 2.40. The van der Waals surface area contributed by atoms with Crippen molar-refractivity contribution >= 4 is 23.5 Å². The van der Waals surface area contributed by atoms with Crippen molar-refractivity contribution in [3.05, 3.63) is 52.1 Å². The first kappa shape index (κ1) is 25.4. The highest BCUT2D eigenvalue weighted by molar-refractivity contribution is 5.90. The van der Waals surface area contributed by atoms with E-state index in [-0.39, 0.29) is 36.0 Å². The Hall–Kier alpha value is -3.23. The van der Waals surface area contributed by atoms with Gasteiger partial charge in [0.25, 0.3) is 5.69 Å². The first-order valence-corrected chi connectivity index (χ1v) is 11.8. The zero-order valence-corrected chi connectivity index (χ0v) is 20.0. The number of Topliss-reactive ketones (excluding diaryl/α,β-unsaturated/α-hetero) is 1. The van der Waals surface area contributed by atoms with Gasteiger partial charge in [0.2, 0.25) is 0 Å². The van der Waals surface area contributed by atoms with Crippen LogP contribution in [0.4, 0.5) is 10.5 Å². The first-order chi connectivity index (χ1) is 16.2. The van der Waals surface area contributed by atoms with Gasteiger partial charge < -0.3 is 14.5 Å². The van der Waals surface area contributed by atoms with Gasteiger partial charge in [-0.05, 0) is 56.6 Å². The Kier molecular flexibility index (Phi) is 8.41. The van der Waals surface area contributed by atoms with E-state index < -0.39 is 23.0 Å². The fourth-order valence-corrected chi connectivity index (χ4v) is 4.23. The van der Waals surface area contributed by atoms with Crippen LogP contribution in [-0.2, 0) is 9.53 Å². The van der Waals surface area contributed by atoms with Gasteiger partial charge in [-0.1, -0.05) is 19.1 Å². The lowest BCUT2D eigenvalue weighted by atomic mass is 10.1. The number of rotatable bonds is 10. The molecule has 4 atom stereocenters. The molecule has 0 spiro atoms. The predicted molar refractivity (Wildman–Crippen MR) is 126 cm³/mol. The molecule has 9 heteroatoms. The van der Waals surface area contributed by atoms with Crippen LogP contribution in [0.25, 0.3) is 0 Å². The summed E-state index contributed by atoms with van der Waals surface area (Å²) >= 11 is 0. The Labute approximate surface area is 199 Å². The van der Waals surface area contributed by atoms with E-state index in [4.69, 9.17) is 4.74 Å². The fraction of sp³-hybridized carbons (Fsp3) is 0.560. The maximum Gasteiger partial charge on any atom is 0.338 e. The first-order valence-electron chi connectivity index (χ1n) is 11.8. The number of esters is 1. The van der Waals surface area contributed by atoms with Gasteiger partial charge in [0.15, 0.2) is 5.78 Å². The summed E-state index contributed by atoms with van der Waals surface area (Å²) in [5, 5.41) is 10.8. The molecule has 2 unspecified atom stereocenters. The van der Waals surface area contributed by atoms with Gasteiger partial charge in [0, 0.05) is 32.1 Å². The largest absolute Gasteiger partial charge is 0.457 e. The number of carbonyl (C=O) groups is 3. The molecule has 1 aliphatic heterocycles. The van der Waals surface area contributed by atoms with Crippen molar-refractivity contribution in [3.63, 3.8) is 0 Å². The zero-order chi connectivity index (χ0) is 24.8. The molecule has 3 rings (SSSR count). The number of hydrogen-bond acceptors (Lipinski definition) is 6. The molecule has 1 heterocycles. The summed E-state index contributed by atoms with van der Waals surface area (Å²) in [7, 11) is 1.72. The van der Waals surface area contributed by atoms with E-state index in [1.165, 1.54) is 42.5 Å². The molecular formula is C25H33N3O6. The summed E-state index contributed by atoms with van der Waals surface area (Å²) < 4.78 is 5.51. The molecule has 1 aliphatic carbocycles. The Bertz CT molecular complexity index is 944. The second kappa shape index (κ2) is 11.3. The second-order valence-electron chi connectivity index (χ2n) is 9.35. The highest BCUT2D eigenvalue weighted by atomic mass is 16.6. The average Bonchev–Trinajstić information content (AvgIpc) is 3.34. The molecule has 184 valence electrons. The van der Waals surface area contributed by atoms with Gasteiger partial charge in [-0.15, -0.1) is 0 Å². The van der Waals surface area contributed by atoms with Crippen LogP contribution in [0, 0.1) is 22.0 Å². The number of unbranched alkanes of at least 4 members (excludes halogenated alkanes) is 2. The SMILES string of the molecule is CC(=O)C1CC(OC(=O)c2ccc([N+](=O)[O-])cc2)CN1C(=O)N(C)CCCC/C=C\[C@@H]1C[C@H]1C. The van der Waals surface area contributed by atoms with Crippen molar-refractivity contribution in [3.8, 4) is 0 Å². The van der Waals surface area contributed by atoms with Crippen molar-refractivity contribution < 1.29 is 24.0 Å². The van der Waals surface area contributed by atoms with Gasteiger partial charge in [0.05, 0.1) is 23.1 Å². The number of nitrogens with zero attached hydrogens (tertiary/aromatic N) is 3. The van der Waals surface area contributed by atoms with Gasteiger partial charge in [-0.25, -0.2) is 9.59 Å². The number of amides is 2. The molecule has 0 aromatic heterocycles. The molecule has 1 aromatic rings. The van der Waals surface area contributed by atoms with E-state index in [9.17, 15) is 24.5 Å². The Balaban J connectivity index is 1.49. The van der Waals surface area contributed by atoms with Crippen LogP contribution in [0.15, 0.2) is 36.4 Å². The van der Waals surface area contributed by atoms with E-state index in [1.54, 1.807) is 11.9 Å². The quantitative estimate of drug-likeness (QED) is 0.166. The van der Waals surface area contributed by atoms with Crippen LogP contribution >= 0.6 is 0 Å². The van der Waals surface area contributed by atoms with Crippen molar-refractivity contribution in [2.24, 2.45) is 11.8 Å². The smallest absolute Gasteiger partial charge is 0.338 e. The lowest BCUT2D eigenvalue weighted by molar-refractivity contribution is -0.384. The molecule has 0 bridgehead atoms. The number of urea groups is 1. The van der Waals surface area contributed by atoms with Gasteiger partial charge in [0.1, 0.15) is 6.10 Å². The number of hydrogen-bond donors (Lipinski definition) is 0. The normalized spacial score (nSPS) is 23.7. The number of ether oxygens (including phenoxy) is 1. The Morgan fingerprint density at radius 1 is 1.21 bits per heavy atom. The number of benzene rings is 1. The van der Waals surface area contributed by atoms with Crippen LogP contribution in [0.5, 0.6) is 0 Å². The lowest BCUT2D eigenvalue weighted by Gasteiger charge is -2.28. The summed E-state index contributed by atoms with van der Waals surface area (Å²) in [6.45, 7) is 4.40. The predicted octanol–water partition coefficient (Wildman–Crippen LogP) is 4.22. The molecule has 2 fully saturated rings. The van der Waals surface area contributed by atoms with Gasteiger partial charge in [-0.2, -0.15) is 0 Å². The minimum atomic E-state index is -0.645. The van der Waals surface area contributed by atoms with E-state index in [2.05, 4.69) is 19.1 Å². The number of carbonyl (C=O) groups excluding carboxylic acids is 3. The monoisotopic (exact) mass is 471 g/mol. The van der Waals surface area contributed by atoms with E-state index in [0.29, 0.717) is 6.54 Å². The lowest BCUT2D eigenvalue weighted by Crippen LogP contribution is -2.46. The molecule has 0 N–H and O–H groups in total. The fourth-order valence-electron chi connectivity index (χ4n) is 4.23. The zero-order valence-electron chi connectivity index (χ0n) is 20.0. The van der Waals surface area contributed by atoms with Crippen molar-refractivity contribution in [1.82, 2.24) is 9.80 Å². The number of nitro benzene ring substituents is 1. The van der Waals surface area contributed by atoms with Crippen LogP contribution < -0.4 is 0 Å². The minimum Gasteiger partial charge on any atom is -0.457 e. The van der Waals surface area contributed by atoms with E-state index >= 15 is 0 Å². The Morgan fingerprint density at radius 3 is 2.47 bits per heavy atom. The average molecular weight is 472 g/mol. The standard InChI is InChI=1S/C25H33N3O6/c1-17-14-20(17)8-6-4-5-7-13-26(3)25(31)27-16-22(15-23(27)18(2)29)34-24(30)19-9-11-21(12-10-19)28(32)33/h6,8-12,17,20,22-23H,4-5,7,13-16H2,1-3H3/b8-6-/t17-,20-,22?,23?/m1/s1. The summed E-state index contributed by atoms with van der Waals surface area (Å²) in [6, 6.07) is 4.22.